The van der Waals surface area contributed by atoms with Crippen LogP contribution < -0.4 is 10.6 Å². The normalized spacial score (nSPS) is 11.7. The highest BCUT2D eigenvalue weighted by Gasteiger charge is 2.23. The van der Waals surface area contributed by atoms with E-state index in [-0.39, 0.29) is 10.7 Å². The monoisotopic (exact) mass is 428 g/mol. The zero-order valence-corrected chi connectivity index (χ0v) is 17.1. The molecule has 2 aromatic rings. The average Bonchev–Trinajstić information content (AvgIpc) is 2.67. The molecule has 1 aromatic heterocycles. The Bertz CT molecular complexity index is 808. The van der Waals surface area contributed by atoms with E-state index in [0.29, 0.717) is 23.0 Å². The molecule has 1 unspecified atom stereocenters. The third kappa shape index (κ3) is 6.37. The molecular weight excluding hydrogens is 411 g/mol. The Morgan fingerprint density at radius 2 is 1.96 bits per heavy atom. The minimum atomic E-state index is -0.793. The summed E-state index contributed by atoms with van der Waals surface area (Å²) in [6.07, 6.45) is 5.45. The van der Waals surface area contributed by atoms with Crippen LogP contribution in [0.3, 0.4) is 0 Å². The number of hydrogen-bond donors (Lipinski definition) is 2. The standard InChI is InChI=1S/C17H18ClFN4O2S2/c1-26-8-7-13(15(24)21-11-5-3-10(19)4-6-11)22-16(25)14-12(18)9-20-17(23-14)27-2/h3-6,9,13H,7-8H2,1-2H3,(H,21,24)(H,22,25). The summed E-state index contributed by atoms with van der Waals surface area (Å²) in [6, 6.07) is 4.60. The van der Waals surface area contributed by atoms with Crippen LogP contribution >= 0.6 is 35.1 Å². The molecule has 0 spiro atoms. The smallest absolute Gasteiger partial charge is 0.272 e. The summed E-state index contributed by atoms with van der Waals surface area (Å²) in [4.78, 5) is 33.3. The molecule has 27 heavy (non-hydrogen) atoms. The first-order valence-electron chi connectivity index (χ1n) is 7.87. The summed E-state index contributed by atoms with van der Waals surface area (Å²) < 4.78 is 13.0. The molecule has 0 aliphatic rings. The number of nitrogens with zero attached hydrogens (tertiary/aromatic N) is 2. The van der Waals surface area contributed by atoms with Crippen molar-refractivity contribution in [3.63, 3.8) is 0 Å². The fraction of sp³-hybridized carbons (Fsp3) is 0.294. The molecule has 1 atom stereocenters. The number of aromatic nitrogens is 2. The number of carbonyl (C=O) groups is 2. The molecule has 10 heteroatoms. The molecule has 0 aliphatic carbocycles. The Balaban J connectivity index is 2.14. The molecular formula is C17H18ClFN4O2S2. The van der Waals surface area contributed by atoms with Gasteiger partial charge in [0.05, 0.1) is 11.2 Å². The first-order valence-corrected chi connectivity index (χ1v) is 10.9. The van der Waals surface area contributed by atoms with Crippen LogP contribution in [-0.4, -0.2) is 46.1 Å². The van der Waals surface area contributed by atoms with Crippen LogP contribution in [0.15, 0.2) is 35.6 Å². The Morgan fingerprint density at radius 1 is 1.26 bits per heavy atom. The summed E-state index contributed by atoms with van der Waals surface area (Å²) in [5.41, 5.74) is 0.453. The van der Waals surface area contributed by atoms with Gasteiger partial charge in [-0.2, -0.15) is 11.8 Å². The summed E-state index contributed by atoms with van der Waals surface area (Å²) in [6.45, 7) is 0. The third-order valence-electron chi connectivity index (χ3n) is 3.46. The topological polar surface area (TPSA) is 84.0 Å². The third-order valence-corrected chi connectivity index (χ3v) is 4.95. The maximum atomic E-state index is 13.0. The maximum absolute atomic E-state index is 13.0. The Hall–Kier alpha value is -1.84. The van der Waals surface area contributed by atoms with Crippen molar-refractivity contribution in [2.24, 2.45) is 0 Å². The first-order chi connectivity index (χ1) is 12.9. The number of rotatable bonds is 8. The van der Waals surface area contributed by atoms with Crippen molar-refractivity contribution in [3.05, 3.63) is 47.0 Å². The summed E-state index contributed by atoms with van der Waals surface area (Å²) in [5.74, 6) is -0.699. The molecule has 2 rings (SSSR count). The van der Waals surface area contributed by atoms with Gasteiger partial charge in [0, 0.05) is 5.69 Å². The van der Waals surface area contributed by atoms with Gasteiger partial charge in [-0.3, -0.25) is 9.59 Å². The van der Waals surface area contributed by atoms with Crippen LogP contribution in [0.2, 0.25) is 5.02 Å². The fourth-order valence-electron chi connectivity index (χ4n) is 2.10. The second-order valence-corrected chi connectivity index (χ2v) is 7.52. The summed E-state index contributed by atoms with van der Waals surface area (Å²) in [7, 11) is 0. The van der Waals surface area contributed by atoms with Crippen molar-refractivity contribution < 1.29 is 14.0 Å². The van der Waals surface area contributed by atoms with E-state index in [2.05, 4.69) is 20.6 Å². The highest BCUT2D eigenvalue weighted by molar-refractivity contribution is 7.98. The van der Waals surface area contributed by atoms with Crippen LogP contribution in [-0.2, 0) is 4.79 Å². The Labute approximate surface area is 170 Å². The van der Waals surface area contributed by atoms with Crippen LogP contribution in [0, 0.1) is 5.82 Å². The summed E-state index contributed by atoms with van der Waals surface area (Å²) in [5, 5.41) is 5.85. The fourth-order valence-corrected chi connectivity index (χ4v) is 3.09. The van der Waals surface area contributed by atoms with Gasteiger partial charge in [-0.1, -0.05) is 23.4 Å². The van der Waals surface area contributed by atoms with Crippen molar-refractivity contribution in [2.45, 2.75) is 17.6 Å². The van der Waals surface area contributed by atoms with Gasteiger partial charge in [0.15, 0.2) is 10.9 Å². The lowest BCUT2D eigenvalue weighted by Gasteiger charge is -2.18. The largest absolute Gasteiger partial charge is 0.339 e. The van der Waals surface area contributed by atoms with Gasteiger partial charge in [-0.25, -0.2) is 14.4 Å². The van der Waals surface area contributed by atoms with E-state index in [1.54, 1.807) is 18.0 Å². The lowest BCUT2D eigenvalue weighted by Crippen LogP contribution is -2.44. The van der Waals surface area contributed by atoms with Crippen molar-refractivity contribution in [2.75, 3.05) is 23.6 Å². The van der Waals surface area contributed by atoms with Gasteiger partial charge in [-0.15, -0.1) is 0 Å². The van der Waals surface area contributed by atoms with Crippen molar-refractivity contribution in [1.29, 1.82) is 0 Å². The molecule has 6 nitrogen and oxygen atoms in total. The van der Waals surface area contributed by atoms with E-state index in [1.165, 1.54) is 42.2 Å². The number of amides is 2. The molecule has 1 aromatic carbocycles. The number of hydrogen-bond acceptors (Lipinski definition) is 6. The molecule has 0 aliphatic heterocycles. The lowest BCUT2D eigenvalue weighted by molar-refractivity contribution is -0.118. The first kappa shape index (κ1) is 21.5. The van der Waals surface area contributed by atoms with Gasteiger partial charge < -0.3 is 10.6 Å². The minimum Gasteiger partial charge on any atom is -0.339 e. The molecule has 1 heterocycles. The van der Waals surface area contributed by atoms with Gasteiger partial charge in [0.1, 0.15) is 11.9 Å². The van der Waals surface area contributed by atoms with Gasteiger partial charge in [-0.05, 0) is 49.0 Å². The minimum absolute atomic E-state index is 0.0137. The van der Waals surface area contributed by atoms with Crippen molar-refractivity contribution >= 4 is 52.6 Å². The average molecular weight is 429 g/mol. The molecule has 0 bridgehead atoms. The van der Waals surface area contributed by atoms with E-state index in [0.717, 1.165) is 0 Å². The Kier molecular flexibility index (Phi) is 8.33. The van der Waals surface area contributed by atoms with Gasteiger partial charge in [0.25, 0.3) is 5.91 Å². The van der Waals surface area contributed by atoms with Gasteiger partial charge >= 0.3 is 0 Å². The highest BCUT2D eigenvalue weighted by atomic mass is 35.5. The van der Waals surface area contributed by atoms with Crippen LogP contribution in [0.1, 0.15) is 16.9 Å². The van der Waals surface area contributed by atoms with Crippen molar-refractivity contribution in [1.82, 2.24) is 15.3 Å². The zero-order chi connectivity index (χ0) is 19.8. The lowest BCUT2D eigenvalue weighted by atomic mass is 10.2. The predicted octanol–water partition coefficient (Wildman–Crippen LogP) is 3.48. The molecule has 0 saturated heterocycles. The number of carbonyl (C=O) groups excluding carboxylic acids is 2. The van der Waals surface area contributed by atoms with Crippen LogP contribution in [0.5, 0.6) is 0 Å². The highest BCUT2D eigenvalue weighted by Crippen LogP contribution is 2.17. The quantitative estimate of drug-likeness (QED) is 0.494. The molecule has 0 radical (unpaired) electrons. The predicted molar refractivity (Wildman–Crippen MR) is 108 cm³/mol. The molecule has 144 valence electrons. The molecule has 2 amide bonds. The zero-order valence-electron chi connectivity index (χ0n) is 14.7. The summed E-state index contributed by atoms with van der Waals surface area (Å²) >= 11 is 8.85. The SMILES string of the molecule is CSCCC(NC(=O)c1nc(SC)ncc1Cl)C(=O)Nc1ccc(F)cc1. The van der Waals surface area contributed by atoms with Gasteiger partial charge in [0.2, 0.25) is 5.91 Å². The van der Waals surface area contributed by atoms with E-state index >= 15 is 0 Å². The van der Waals surface area contributed by atoms with E-state index in [9.17, 15) is 14.0 Å². The molecule has 0 saturated carbocycles. The second-order valence-electron chi connectivity index (χ2n) is 5.36. The van der Waals surface area contributed by atoms with E-state index in [1.807, 2.05) is 6.26 Å². The second kappa shape index (κ2) is 10.5. The number of anilines is 1. The van der Waals surface area contributed by atoms with E-state index in [4.69, 9.17) is 11.6 Å². The Morgan fingerprint density at radius 3 is 2.59 bits per heavy atom. The molecule has 2 N–H and O–H groups in total. The number of nitrogens with one attached hydrogen (secondary N) is 2. The van der Waals surface area contributed by atoms with E-state index < -0.39 is 23.7 Å². The van der Waals surface area contributed by atoms with Crippen LogP contribution in [0.25, 0.3) is 0 Å². The van der Waals surface area contributed by atoms with Crippen LogP contribution in [0.4, 0.5) is 10.1 Å². The number of halogens is 2. The molecule has 0 fully saturated rings. The van der Waals surface area contributed by atoms with Crippen molar-refractivity contribution in [3.8, 4) is 0 Å². The maximum Gasteiger partial charge on any atom is 0.272 e. The number of benzene rings is 1. The number of thioether (sulfide) groups is 2.